The zero-order valence-corrected chi connectivity index (χ0v) is 7.61. The van der Waals surface area contributed by atoms with Gasteiger partial charge in [-0.2, -0.15) is 0 Å². The van der Waals surface area contributed by atoms with Crippen molar-refractivity contribution in [2.24, 2.45) is 11.7 Å². The van der Waals surface area contributed by atoms with E-state index in [4.69, 9.17) is 11.5 Å². The van der Waals surface area contributed by atoms with Crippen molar-refractivity contribution in [2.45, 2.75) is 25.3 Å². The number of nitrogens with two attached hydrogens (primary N) is 2. The number of hydrogen-bond donors (Lipinski definition) is 2. The summed E-state index contributed by atoms with van der Waals surface area (Å²) in [5, 5.41) is 0. The van der Waals surface area contributed by atoms with Crippen LogP contribution in [-0.4, -0.2) is 4.98 Å². The van der Waals surface area contributed by atoms with Crippen LogP contribution in [0.15, 0.2) is 18.2 Å². The first-order valence-corrected chi connectivity index (χ1v) is 4.73. The van der Waals surface area contributed by atoms with Crippen molar-refractivity contribution in [2.75, 3.05) is 5.73 Å². The number of nitrogens with zero attached hydrogens (tertiary/aromatic N) is 1. The van der Waals surface area contributed by atoms with Gasteiger partial charge in [-0.3, -0.25) is 0 Å². The molecule has 1 aromatic heterocycles. The van der Waals surface area contributed by atoms with Crippen molar-refractivity contribution >= 4 is 5.82 Å². The summed E-state index contributed by atoms with van der Waals surface area (Å²) in [6, 6.07) is 5.71. The fourth-order valence-electron chi connectivity index (χ4n) is 1.51. The smallest absolute Gasteiger partial charge is 0.123 e. The molecule has 1 fully saturated rings. The monoisotopic (exact) mass is 177 g/mol. The van der Waals surface area contributed by atoms with E-state index in [9.17, 15) is 0 Å². The Morgan fingerprint density at radius 2 is 2.23 bits per heavy atom. The zero-order chi connectivity index (χ0) is 9.26. The molecule has 13 heavy (non-hydrogen) atoms. The molecule has 0 amide bonds. The maximum atomic E-state index is 5.99. The van der Waals surface area contributed by atoms with Crippen LogP contribution in [0.5, 0.6) is 0 Å². The second-order valence-corrected chi connectivity index (χ2v) is 3.77. The maximum Gasteiger partial charge on any atom is 0.123 e. The van der Waals surface area contributed by atoms with E-state index in [-0.39, 0.29) is 6.04 Å². The third kappa shape index (κ3) is 2.18. The minimum atomic E-state index is 0.0657. The van der Waals surface area contributed by atoms with Crippen molar-refractivity contribution in [1.82, 2.24) is 4.98 Å². The predicted molar refractivity (Wildman–Crippen MR) is 52.9 cm³/mol. The molecule has 0 bridgehead atoms. The predicted octanol–water partition coefficient (Wildman–Crippen LogP) is 1.46. The Morgan fingerprint density at radius 3 is 2.85 bits per heavy atom. The molecular formula is C10H15N3. The van der Waals surface area contributed by atoms with Gasteiger partial charge in [-0.1, -0.05) is 18.9 Å². The van der Waals surface area contributed by atoms with Crippen LogP contribution in [0.2, 0.25) is 0 Å². The van der Waals surface area contributed by atoms with Gasteiger partial charge in [0, 0.05) is 6.04 Å². The lowest BCUT2D eigenvalue weighted by Crippen LogP contribution is -2.13. The van der Waals surface area contributed by atoms with Gasteiger partial charge in [-0.05, 0) is 24.5 Å². The highest BCUT2D eigenvalue weighted by Gasteiger charge is 2.24. The number of hydrogen-bond acceptors (Lipinski definition) is 3. The van der Waals surface area contributed by atoms with Crippen LogP contribution in [0.3, 0.4) is 0 Å². The molecule has 1 atom stereocenters. The van der Waals surface area contributed by atoms with E-state index in [0.717, 1.165) is 18.0 Å². The van der Waals surface area contributed by atoms with Crippen LogP contribution in [-0.2, 0) is 0 Å². The highest BCUT2D eigenvalue weighted by atomic mass is 14.9. The average Bonchev–Trinajstić information content (AvgIpc) is 2.88. The van der Waals surface area contributed by atoms with Gasteiger partial charge in [0.2, 0.25) is 0 Å². The number of rotatable bonds is 3. The standard InChI is InChI=1S/C10H15N3/c11-8(6-7-4-5-7)9-2-1-3-10(12)13-9/h1-3,7-8H,4-6,11H2,(H2,12,13)/t8-/m1/s1. The summed E-state index contributed by atoms with van der Waals surface area (Å²) < 4.78 is 0. The number of pyridine rings is 1. The molecule has 1 aliphatic rings. The van der Waals surface area contributed by atoms with Gasteiger partial charge < -0.3 is 11.5 Å². The van der Waals surface area contributed by atoms with E-state index in [1.54, 1.807) is 6.07 Å². The summed E-state index contributed by atoms with van der Waals surface area (Å²) in [5.74, 6) is 1.39. The molecule has 4 N–H and O–H groups in total. The quantitative estimate of drug-likeness (QED) is 0.734. The second-order valence-electron chi connectivity index (χ2n) is 3.77. The Hall–Kier alpha value is -1.09. The SMILES string of the molecule is Nc1cccc([C@H](N)CC2CC2)n1. The van der Waals surface area contributed by atoms with Crippen LogP contribution in [0, 0.1) is 5.92 Å². The van der Waals surface area contributed by atoms with Crippen molar-refractivity contribution in [3.63, 3.8) is 0 Å². The molecule has 0 aromatic carbocycles. The fourth-order valence-corrected chi connectivity index (χ4v) is 1.51. The first-order chi connectivity index (χ1) is 6.25. The summed E-state index contributed by atoms with van der Waals surface area (Å²) in [5.41, 5.74) is 12.5. The maximum absolute atomic E-state index is 5.99. The normalized spacial score (nSPS) is 18.5. The summed E-state index contributed by atoms with van der Waals surface area (Å²) in [6.07, 6.45) is 3.71. The number of anilines is 1. The van der Waals surface area contributed by atoms with Crippen LogP contribution >= 0.6 is 0 Å². The van der Waals surface area contributed by atoms with E-state index >= 15 is 0 Å². The van der Waals surface area contributed by atoms with Crippen LogP contribution < -0.4 is 11.5 Å². The molecule has 0 saturated heterocycles. The molecule has 0 spiro atoms. The van der Waals surface area contributed by atoms with Gasteiger partial charge in [0.15, 0.2) is 0 Å². The van der Waals surface area contributed by atoms with E-state index in [1.807, 2.05) is 12.1 Å². The van der Waals surface area contributed by atoms with Gasteiger partial charge >= 0.3 is 0 Å². The Morgan fingerprint density at radius 1 is 1.46 bits per heavy atom. The summed E-state index contributed by atoms with van der Waals surface area (Å²) in [7, 11) is 0. The minimum absolute atomic E-state index is 0.0657. The van der Waals surface area contributed by atoms with Gasteiger partial charge in [-0.15, -0.1) is 0 Å². The van der Waals surface area contributed by atoms with Crippen molar-refractivity contribution in [1.29, 1.82) is 0 Å². The number of nitrogen functional groups attached to an aromatic ring is 1. The molecule has 70 valence electrons. The summed E-state index contributed by atoms with van der Waals surface area (Å²) >= 11 is 0. The topological polar surface area (TPSA) is 64.9 Å². The lowest BCUT2D eigenvalue weighted by Gasteiger charge is -2.10. The fraction of sp³-hybridized carbons (Fsp3) is 0.500. The first kappa shape index (κ1) is 8.51. The molecule has 0 unspecified atom stereocenters. The molecule has 3 nitrogen and oxygen atoms in total. The summed E-state index contributed by atoms with van der Waals surface area (Å²) in [4.78, 5) is 4.21. The summed E-state index contributed by atoms with van der Waals surface area (Å²) in [6.45, 7) is 0. The molecule has 1 aliphatic carbocycles. The largest absolute Gasteiger partial charge is 0.384 e. The Labute approximate surface area is 78.1 Å². The van der Waals surface area contributed by atoms with Crippen LogP contribution in [0.1, 0.15) is 31.0 Å². The first-order valence-electron chi connectivity index (χ1n) is 4.73. The van der Waals surface area contributed by atoms with Gasteiger partial charge in [0.05, 0.1) is 5.69 Å². The van der Waals surface area contributed by atoms with Crippen molar-refractivity contribution in [3.8, 4) is 0 Å². The minimum Gasteiger partial charge on any atom is -0.384 e. The highest BCUT2D eigenvalue weighted by molar-refractivity contribution is 5.29. The van der Waals surface area contributed by atoms with E-state index < -0.39 is 0 Å². The third-order valence-electron chi connectivity index (χ3n) is 2.46. The Kier molecular flexibility index (Phi) is 2.19. The number of aromatic nitrogens is 1. The molecule has 0 aliphatic heterocycles. The van der Waals surface area contributed by atoms with Gasteiger partial charge in [0.25, 0.3) is 0 Å². The molecule has 1 heterocycles. The molecular weight excluding hydrogens is 162 g/mol. The van der Waals surface area contributed by atoms with Gasteiger partial charge in [-0.25, -0.2) is 4.98 Å². The van der Waals surface area contributed by atoms with E-state index in [0.29, 0.717) is 5.82 Å². The van der Waals surface area contributed by atoms with E-state index in [2.05, 4.69) is 4.98 Å². The lowest BCUT2D eigenvalue weighted by molar-refractivity contribution is 0.584. The molecule has 1 saturated carbocycles. The second kappa shape index (κ2) is 3.34. The van der Waals surface area contributed by atoms with E-state index in [1.165, 1.54) is 12.8 Å². The Bertz CT molecular complexity index is 294. The van der Waals surface area contributed by atoms with Crippen LogP contribution in [0.4, 0.5) is 5.82 Å². The Balaban J connectivity index is 2.04. The molecule has 1 aromatic rings. The molecule has 2 rings (SSSR count). The average molecular weight is 177 g/mol. The van der Waals surface area contributed by atoms with Crippen molar-refractivity contribution < 1.29 is 0 Å². The van der Waals surface area contributed by atoms with Crippen LogP contribution in [0.25, 0.3) is 0 Å². The van der Waals surface area contributed by atoms with Gasteiger partial charge in [0.1, 0.15) is 5.82 Å². The molecule has 0 radical (unpaired) electrons. The molecule has 3 heteroatoms. The lowest BCUT2D eigenvalue weighted by atomic mass is 10.1. The van der Waals surface area contributed by atoms with Crippen molar-refractivity contribution in [3.05, 3.63) is 23.9 Å². The highest BCUT2D eigenvalue weighted by Crippen LogP contribution is 2.36. The third-order valence-corrected chi connectivity index (χ3v) is 2.46. The zero-order valence-electron chi connectivity index (χ0n) is 7.61.